The highest BCUT2D eigenvalue weighted by atomic mass is 15.4. The van der Waals surface area contributed by atoms with Crippen LogP contribution in [0.2, 0.25) is 0 Å². The van der Waals surface area contributed by atoms with E-state index < -0.39 is 0 Å². The van der Waals surface area contributed by atoms with Crippen molar-refractivity contribution in [1.82, 2.24) is 0 Å². The van der Waals surface area contributed by atoms with Gasteiger partial charge in [0, 0.05) is 12.7 Å². The van der Waals surface area contributed by atoms with Crippen LogP contribution in [-0.2, 0) is 0 Å². The fraction of sp³-hybridized carbons (Fsp3) is 0.316. The third-order valence-electron chi connectivity index (χ3n) is 4.82. The minimum absolute atomic E-state index is 0.225. The third kappa shape index (κ3) is 1.95. The fourth-order valence-electron chi connectivity index (χ4n) is 3.27. The molecule has 1 heterocycles. The molecule has 2 aromatic carbocycles. The average molecular weight is 291 g/mol. The van der Waals surface area contributed by atoms with Gasteiger partial charge in [0.1, 0.15) is 6.17 Å². The number of rotatable bonds is 1. The van der Waals surface area contributed by atoms with E-state index in [0.29, 0.717) is 5.56 Å². The first-order valence-corrected chi connectivity index (χ1v) is 7.58. The Balaban J connectivity index is 2.26. The SMILES string of the molecule is Cc1ccc(C)c(N2c3cc(C#N)ccc3N(C)[C@@H]2C)c1C. The number of aryl methyl sites for hydroxylation is 2. The standard InChI is InChI=1S/C19H21N3/c1-12-6-7-13(2)19(14(12)3)22-15(4)21(5)17-9-8-16(11-20)10-18(17)22/h6-10,15H,1-5H3/t15-/m0/s1. The van der Waals surface area contributed by atoms with E-state index in [1.165, 1.54) is 28.1 Å². The molecule has 0 unspecified atom stereocenters. The van der Waals surface area contributed by atoms with E-state index in [1.54, 1.807) is 0 Å². The van der Waals surface area contributed by atoms with Gasteiger partial charge in [-0.1, -0.05) is 12.1 Å². The molecular formula is C19H21N3. The van der Waals surface area contributed by atoms with Crippen molar-refractivity contribution in [2.45, 2.75) is 33.9 Å². The molecule has 3 heteroatoms. The van der Waals surface area contributed by atoms with E-state index in [9.17, 15) is 5.26 Å². The Bertz CT molecular complexity index is 786. The Morgan fingerprint density at radius 3 is 2.36 bits per heavy atom. The van der Waals surface area contributed by atoms with Gasteiger partial charge in [0.05, 0.1) is 23.0 Å². The number of fused-ring (bicyclic) bond motifs is 1. The van der Waals surface area contributed by atoms with Crippen molar-refractivity contribution >= 4 is 17.1 Å². The van der Waals surface area contributed by atoms with Gasteiger partial charge >= 0.3 is 0 Å². The number of nitrogens with zero attached hydrogens (tertiary/aromatic N) is 3. The second-order valence-corrected chi connectivity index (χ2v) is 6.10. The number of nitriles is 1. The predicted octanol–water partition coefficient (Wildman–Crippen LogP) is 4.42. The van der Waals surface area contributed by atoms with Gasteiger partial charge in [-0.2, -0.15) is 5.26 Å². The zero-order chi connectivity index (χ0) is 16.0. The molecule has 1 atom stereocenters. The summed E-state index contributed by atoms with van der Waals surface area (Å²) in [6, 6.07) is 12.5. The van der Waals surface area contributed by atoms with Crippen LogP contribution >= 0.6 is 0 Å². The average Bonchev–Trinajstić information content (AvgIpc) is 2.76. The van der Waals surface area contributed by atoms with E-state index >= 15 is 0 Å². The zero-order valence-corrected chi connectivity index (χ0v) is 13.8. The number of benzene rings is 2. The molecule has 0 saturated carbocycles. The summed E-state index contributed by atoms with van der Waals surface area (Å²) in [7, 11) is 2.11. The Hall–Kier alpha value is -2.47. The van der Waals surface area contributed by atoms with E-state index in [4.69, 9.17) is 0 Å². The van der Waals surface area contributed by atoms with Gasteiger partial charge in [0.2, 0.25) is 0 Å². The van der Waals surface area contributed by atoms with Crippen LogP contribution in [0.5, 0.6) is 0 Å². The minimum Gasteiger partial charge on any atom is -0.353 e. The first-order chi connectivity index (χ1) is 10.5. The summed E-state index contributed by atoms with van der Waals surface area (Å²) < 4.78 is 0. The van der Waals surface area contributed by atoms with Crippen molar-refractivity contribution in [2.75, 3.05) is 16.8 Å². The molecule has 22 heavy (non-hydrogen) atoms. The summed E-state index contributed by atoms with van der Waals surface area (Å²) in [5.41, 5.74) is 8.11. The van der Waals surface area contributed by atoms with Crippen molar-refractivity contribution in [1.29, 1.82) is 5.26 Å². The second kappa shape index (κ2) is 5.06. The summed E-state index contributed by atoms with van der Waals surface area (Å²) in [5, 5.41) is 9.23. The lowest BCUT2D eigenvalue weighted by atomic mass is 10.0. The zero-order valence-electron chi connectivity index (χ0n) is 13.8. The van der Waals surface area contributed by atoms with Gasteiger partial charge < -0.3 is 9.80 Å². The lowest BCUT2D eigenvalue weighted by Crippen LogP contribution is -2.36. The minimum atomic E-state index is 0.225. The van der Waals surface area contributed by atoms with Crippen LogP contribution in [0.3, 0.4) is 0 Å². The molecule has 3 rings (SSSR count). The van der Waals surface area contributed by atoms with Gasteiger partial charge in [-0.05, 0) is 62.6 Å². The van der Waals surface area contributed by atoms with Crippen LogP contribution in [0.4, 0.5) is 17.1 Å². The molecular weight excluding hydrogens is 270 g/mol. The highest BCUT2D eigenvalue weighted by Crippen LogP contribution is 2.46. The van der Waals surface area contributed by atoms with Crippen LogP contribution < -0.4 is 9.80 Å². The topological polar surface area (TPSA) is 30.3 Å². The van der Waals surface area contributed by atoms with E-state index in [1.807, 2.05) is 18.2 Å². The van der Waals surface area contributed by atoms with Gasteiger partial charge in [-0.25, -0.2) is 0 Å². The van der Waals surface area contributed by atoms with Crippen molar-refractivity contribution < 1.29 is 0 Å². The maximum absolute atomic E-state index is 9.23. The van der Waals surface area contributed by atoms with E-state index in [2.05, 4.69) is 62.7 Å². The molecule has 112 valence electrons. The van der Waals surface area contributed by atoms with E-state index in [0.717, 1.165) is 5.69 Å². The summed E-state index contributed by atoms with van der Waals surface area (Å²) in [6.07, 6.45) is 0.225. The van der Waals surface area contributed by atoms with Crippen molar-refractivity contribution in [3.8, 4) is 6.07 Å². The van der Waals surface area contributed by atoms with Gasteiger partial charge in [0.15, 0.2) is 0 Å². The normalized spacial score (nSPS) is 16.6. The quantitative estimate of drug-likeness (QED) is 0.779. The first-order valence-electron chi connectivity index (χ1n) is 7.58. The third-order valence-corrected chi connectivity index (χ3v) is 4.82. The van der Waals surface area contributed by atoms with Crippen molar-refractivity contribution in [3.05, 3.63) is 52.6 Å². The molecule has 0 radical (unpaired) electrons. The number of hydrogen-bond acceptors (Lipinski definition) is 3. The predicted molar refractivity (Wildman–Crippen MR) is 91.8 cm³/mol. The van der Waals surface area contributed by atoms with Gasteiger partial charge in [-0.3, -0.25) is 0 Å². The maximum Gasteiger partial charge on any atom is 0.103 e. The Kier molecular flexibility index (Phi) is 3.33. The van der Waals surface area contributed by atoms with Crippen LogP contribution in [0, 0.1) is 32.1 Å². The molecule has 0 bridgehead atoms. The molecule has 0 aliphatic carbocycles. The molecule has 0 saturated heterocycles. The van der Waals surface area contributed by atoms with Crippen LogP contribution in [0.25, 0.3) is 0 Å². The fourth-order valence-corrected chi connectivity index (χ4v) is 3.27. The van der Waals surface area contributed by atoms with E-state index in [-0.39, 0.29) is 6.17 Å². The molecule has 0 amide bonds. The molecule has 0 fully saturated rings. The monoisotopic (exact) mass is 291 g/mol. The van der Waals surface area contributed by atoms with Gasteiger partial charge in [0.25, 0.3) is 0 Å². The summed E-state index contributed by atoms with van der Waals surface area (Å²) in [5.74, 6) is 0. The second-order valence-electron chi connectivity index (χ2n) is 6.10. The van der Waals surface area contributed by atoms with Crippen LogP contribution in [-0.4, -0.2) is 13.2 Å². The van der Waals surface area contributed by atoms with Crippen molar-refractivity contribution in [3.63, 3.8) is 0 Å². The first kappa shape index (κ1) is 14.5. The van der Waals surface area contributed by atoms with Crippen LogP contribution in [0.15, 0.2) is 30.3 Å². The molecule has 0 aromatic heterocycles. The Labute approximate surface area is 132 Å². The molecule has 1 aliphatic heterocycles. The maximum atomic E-state index is 9.23. The summed E-state index contributed by atoms with van der Waals surface area (Å²) in [4.78, 5) is 4.62. The molecule has 3 nitrogen and oxygen atoms in total. The number of hydrogen-bond donors (Lipinski definition) is 0. The highest BCUT2D eigenvalue weighted by molar-refractivity contribution is 5.86. The molecule has 2 aromatic rings. The Morgan fingerprint density at radius 1 is 1.00 bits per heavy atom. The summed E-state index contributed by atoms with van der Waals surface area (Å²) >= 11 is 0. The number of anilines is 3. The largest absolute Gasteiger partial charge is 0.353 e. The van der Waals surface area contributed by atoms with Crippen molar-refractivity contribution in [2.24, 2.45) is 0 Å². The van der Waals surface area contributed by atoms with Gasteiger partial charge in [-0.15, -0.1) is 0 Å². The molecule has 0 spiro atoms. The summed E-state index contributed by atoms with van der Waals surface area (Å²) in [6.45, 7) is 8.68. The molecule has 1 aliphatic rings. The highest BCUT2D eigenvalue weighted by Gasteiger charge is 2.33. The van der Waals surface area contributed by atoms with Crippen LogP contribution in [0.1, 0.15) is 29.2 Å². The Morgan fingerprint density at radius 2 is 1.68 bits per heavy atom. The lowest BCUT2D eigenvalue weighted by molar-refractivity contribution is 0.730. The smallest absolute Gasteiger partial charge is 0.103 e. The molecule has 0 N–H and O–H groups in total. The lowest BCUT2D eigenvalue weighted by Gasteiger charge is -2.31.